The first-order valence-corrected chi connectivity index (χ1v) is 10.3. The van der Waals surface area contributed by atoms with Crippen LogP contribution in [0.3, 0.4) is 0 Å². The number of hydrogen-bond donors (Lipinski definition) is 1. The van der Waals surface area contributed by atoms with Crippen molar-refractivity contribution in [3.63, 3.8) is 0 Å². The molecule has 2 amide bonds. The number of rotatable bonds is 10. The van der Waals surface area contributed by atoms with Crippen LogP contribution >= 0.6 is 0 Å². The monoisotopic (exact) mass is 414 g/mol. The SMILES string of the molecule is CCOc1ccc(N2CC(C(=O)NCCCCOc3ccc(F)cc3)CC2=O)cc1. The Morgan fingerprint density at radius 2 is 1.73 bits per heavy atom. The molecule has 0 spiro atoms. The molecule has 3 rings (SSSR count). The normalized spacial score (nSPS) is 15.9. The van der Waals surface area contributed by atoms with E-state index in [1.807, 2.05) is 31.2 Å². The van der Waals surface area contributed by atoms with E-state index in [4.69, 9.17) is 9.47 Å². The van der Waals surface area contributed by atoms with Gasteiger partial charge in [0.05, 0.1) is 19.1 Å². The number of nitrogens with one attached hydrogen (secondary N) is 1. The second-order valence-electron chi connectivity index (χ2n) is 7.13. The van der Waals surface area contributed by atoms with E-state index in [0.29, 0.717) is 32.1 Å². The maximum absolute atomic E-state index is 12.8. The van der Waals surface area contributed by atoms with Gasteiger partial charge in [-0.15, -0.1) is 0 Å². The van der Waals surface area contributed by atoms with Crippen LogP contribution in [-0.4, -0.2) is 38.1 Å². The lowest BCUT2D eigenvalue weighted by Gasteiger charge is -2.17. The van der Waals surface area contributed by atoms with Crippen molar-refractivity contribution in [1.29, 1.82) is 0 Å². The Balaban J connectivity index is 1.36. The van der Waals surface area contributed by atoms with Crippen molar-refractivity contribution in [1.82, 2.24) is 5.32 Å². The average molecular weight is 414 g/mol. The van der Waals surface area contributed by atoms with Gasteiger partial charge >= 0.3 is 0 Å². The van der Waals surface area contributed by atoms with Gasteiger partial charge in [0.25, 0.3) is 0 Å². The molecule has 0 saturated carbocycles. The molecule has 7 heteroatoms. The fraction of sp³-hybridized carbons (Fsp3) is 0.391. The Morgan fingerprint density at radius 1 is 1.07 bits per heavy atom. The average Bonchev–Trinajstić information content (AvgIpc) is 3.14. The first-order valence-electron chi connectivity index (χ1n) is 10.3. The summed E-state index contributed by atoms with van der Waals surface area (Å²) in [7, 11) is 0. The molecule has 1 fully saturated rings. The first-order chi connectivity index (χ1) is 14.6. The van der Waals surface area contributed by atoms with Crippen LogP contribution in [0.5, 0.6) is 11.5 Å². The van der Waals surface area contributed by atoms with Gasteiger partial charge < -0.3 is 19.7 Å². The third-order valence-electron chi connectivity index (χ3n) is 4.91. The van der Waals surface area contributed by atoms with Crippen LogP contribution in [0.2, 0.25) is 0 Å². The van der Waals surface area contributed by atoms with Gasteiger partial charge in [-0.1, -0.05) is 0 Å². The van der Waals surface area contributed by atoms with E-state index in [2.05, 4.69) is 5.32 Å². The lowest BCUT2D eigenvalue weighted by Crippen LogP contribution is -2.33. The fourth-order valence-corrected chi connectivity index (χ4v) is 3.33. The lowest BCUT2D eigenvalue weighted by atomic mass is 10.1. The summed E-state index contributed by atoms with van der Waals surface area (Å²) in [5.74, 6) is 0.587. The predicted octanol–water partition coefficient (Wildman–Crippen LogP) is 3.55. The number of unbranched alkanes of at least 4 members (excludes halogenated alkanes) is 1. The smallest absolute Gasteiger partial charge is 0.227 e. The van der Waals surface area contributed by atoms with Crippen LogP contribution in [0, 0.1) is 11.7 Å². The van der Waals surface area contributed by atoms with Gasteiger partial charge in [-0.05, 0) is 68.3 Å². The van der Waals surface area contributed by atoms with Crippen molar-refractivity contribution >= 4 is 17.5 Å². The summed E-state index contributed by atoms with van der Waals surface area (Å²) in [5, 5.41) is 2.91. The third-order valence-corrected chi connectivity index (χ3v) is 4.91. The molecule has 2 aromatic rings. The predicted molar refractivity (Wildman–Crippen MR) is 112 cm³/mol. The third kappa shape index (κ3) is 5.95. The van der Waals surface area contributed by atoms with Crippen molar-refractivity contribution < 1.29 is 23.5 Å². The van der Waals surface area contributed by atoms with Gasteiger partial charge in [-0.25, -0.2) is 4.39 Å². The van der Waals surface area contributed by atoms with E-state index in [0.717, 1.165) is 24.3 Å². The van der Waals surface area contributed by atoms with Gasteiger partial charge in [0, 0.05) is 25.2 Å². The minimum atomic E-state index is -0.348. The van der Waals surface area contributed by atoms with E-state index in [-0.39, 0.29) is 30.0 Å². The van der Waals surface area contributed by atoms with Gasteiger partial charge in [0.1, 0.15) is 17.3 Å². The highest BCUT2D eigenvalue weighted by Crippen LogP contribution is 2.27. The molecule has 0 aliphatic carbocycles. The van der Waals surface area contributed by atoms with Crippen molar-refractivity contribution in [2.45, 2.75) is 26.2 Å². The van der Waals surface area contributed by atoms with Crippen LogP contribution in [0.25, 0.3) is 0 Å². The zero-order chi connectivity index (χ0) is 21.3. The molecule has 1 saturated heterocycles. The number of anilines is 1. The first kappa shape index (κ1) is 21.6. The van der Waals surface area contributed by atoms with Gasteiger partial charge in [-0.3, -0.25) is 9.59 Å². The fourth-order valence-electron chi connectivity index (χ4n) is 3.33. The second-order valence-corrected chi connectivity index (χ2v) is 7.13. The van der Waals surface area contributed by atoms with E-state index in [9.17, 15) is 14.0 Å². The molecule has 1 unspecified atom stereocenters. The summed E-state index contributed by atoms with van der Waals surface area (Å²) < 4.78 is 23.8. The number of ether oxygens (including phenoxy) is 2. The zero-order valence-electron chi connectivity index (χ0n) is 17.1. The maximum Gasteiger partial charge on any atom is 0.227 e. The molecule has 1 N–H and O–H groups in total. The van der Waals surface area contributed by atoms with Crippen molar-refractivity contribution in [2.75, 3.05) is 31.2 Å². The van der Waals surface area contributed by atoms with Crippen molar-refractivity contribution in [3.05, 3.63) is 54.3 Å². The molecule has 6 nitrogen and oxygen atoms in total. The van der Waals surface area contributed by atoms with Crippen molar-refractivity contribution in [2.24, 2.45) is 5.92 Å². The number of carbonyl (C=O) groups excluding carboxylic acids is 2. The van der Waals surface area contributed by atoms with Gasteiger partial charge in [-0.2, -0.15) is 0 Å². The number of hydrogen-bond acceptors (Lipinski definition) is 4. The van der Waals surface area contributed by atoms with E-state index in [1.165, 1.54) is 12.1 Å². The van der Waals surface area contributed by atoms with Crippen LogP contribution in [-0.2, 0) is 9.59 Å². The Bertz CT molecular complexity index is 839. The van der Waals surface area contributed by atoms with E-state index in [1.54, 1.807) is 17.0 Å². The molecule has 30 heavy (non-hydrogen) atoms. The number of benzene rings is 2. The summed E-state index contributed by atoms with van der Waals surface area (Å²) in [6.07, 6.45) is 1.74. The topological polar surface area (TPSA) is 67.9 Å². The van der Waals surface area contributed by atoms with Crippen LogP contribution in [0.15, 0.2) is 48.5 Å². The summed E-state index contributed by atoms with van der Waals surface area (Å²) >= 11 is 0. The van der Waals surface area contributed by atoms with Crippen LogP contribution < -0.4 is 19.7 Å². The number of carbonyl (C=O) groups is 2. The number of amides is 2. The molecule has 0 bridgehead atoms. The Hall–Kier alpha value is -3.09. The largest absolute Gasteiger partial charge is 0.494 e. The highest BCUT2D eigenvalue weighted by molar-refractivity contribution is 6.00. The molecule has 0 radical (unpaired) electrons. The Kier molecular flexibility index (Phi) is 7.65. The number of nitrogens with zero attached hydrogens (tertiary/aromatic N) is 1. The molecule has 0 aromatic heterocycles. The van der Waals surface area contributed by atoms with Crippen molar-refractivity contribution in [3.8, 4) is 11.5 Å². The minimum absolute atomic E-state index is 0.0491. The highest BCUT2D eigenvalue weighted by Gasteiger charge is 2.34. The molecule has 1 heterocycles. The standard InChI is InChI=1S/C23H27FN2O4/c1-2-29-20-11-7-19(8-12-20)26-16-17(15-22(26)27)23(28)25-13-3-4-14-30-21-9-5-18(24)6-10-21/h5-12,17H,2-4,13-16H2,1H3,(H,25,28). The molecule has 1 aliphatic rings. The van der Waals surface area contributed by atoms with Crippen LogP contribution in [0.4, 0.5) is 10.1 Å². The molecule has 1 aliphatic heterocycles. The lowest BCUT2D eigenvalue weighted by molar-refractivity contribution is -0.126. The van der Waals surface area contributed by atoms with Gasteiger partial charge in [0.15, 0.2) is 0 Å². The molecule has 2 aromatic carbocycles. The second kappa shape index (κ2) is 10.6. The summed E-state index contributed by atoms with van der Waals surface area (Å²) in [6, 6.07) is 13.2. The Morgan fingerprint density at radius 3 is 2.43 bits per heavy atom. The minimum Gasteiger partial charge on any atom is -0.494 e. The maximum atomic E-state index is 12.8. The van der Waals surface area contributed by atoms with Gasteiger partial charge in [0.2, 0.25) is 11.8 Å². The van der Waals surface area contributed by atoms with E-state index >= 15 is 0 Å². The highest BCUT2D eigenvalue weighted by atomic mass is 19.1. The van der Waals surface area contributed by atoms with Crippen LogP contribution in [0.1, 0.15) is 26.2 Å². The summed E-state index contributed by atoms with van der Waals surface area (Å²) in [6.45, 7) is 3.91. The quantitative estimate of drug-likeness (QED) is 0.604. The molecular formula is C23H27FN2O4. The summed E-state index contributed by atoms with van der Waals surface area (Å²) in [5.41, 5.74) is 0.775. The summed E-state index contributed by atoms with van der Waals surface area (Å²) in [4.78, 5) is 26.4. The molecule has 1 atom stereocenters. The zero-order valence-corrected chi connectivity index (χ0v) is 17.1. The molecule has 160 valence electrons. The van der Waals surface area contributed by atoms with E-state index < -0.39 is 0 Å². The Labute approximate surface area is 176 Å². The number of halogens is 1. The molecular weight excluding hydrogens is 387 g/mol.